The standard InChI is InChI=1S/C30H34Cl2F2N2O2/c1-28(2,3)14-21-30(17-9-10-19(32)24(34)25(17)36-27(30)38)22(16-7-6-8-18(31)23(16)33)26(35-21)20(37)11-15-12-29(4,5)13-15/h6-10,15,21-22,26,35H,11-14H2,1-5H3,(H,36,38)/t21-,22-,26-,30+/m0/s1. The van der Waals surface area contributed by atoms with Crippen LogP contribution in [-0.2, 0) is 15.0 Å². The van der Waals surface area contributed by atoms with Crippen LogP contribution >= 0.6 is 23.2 Å². The first-order valence-electron chi connectivity index (χ1n) is 13.2. The van der Waals surface area contributed by atoms with E-state index in [2.05, 4.69) is 24.5 Å². The summed E-state index contributed by atoms with van der Waals surface area (Å²) in [7, 11) is 0. The van der Waals surface area contributed by atoms with Gasteiger partial charge in [0.05, 0.1) is 21.8 Å². The molecular weight excluding hydrogens is 529 g/mol. The zero-order chi connectivity index (χ0) is 27.8. The molecule has 0 radical (unpaired) electrons. The number of amides is 1. The molecule has 1 aliphatic carbocycles. The molecule has 3 aliphatic rings. The minimum absolute atomic E-state index is 0.00973. The molecule has 0 unspecified atom stereocenters. The lowest BCUT2D eigenvalue weighted by Crippen LogP contribution is -2.49. The predicted octanol–water partition coefficient (Wildman–Crippen LogP) is 7.42. The molecule has 1 saturated carbocycles. The van der Waals surface area contributed by atoms with E-state index in [1.807, 2.05) is 20.8 Å². The summed E-state index contributed by atoms with van der Waals surface area (Å²) in [6, 6.07) is 6.28. The molecule has 2 aliphatic heterocycles. The molecule has 5 rings (SSSR count). The fourth-order valence-corrected chi connectivity index (χ4v) is 7.63. The summed E-state index contributed by atoms with van der Waals surface area (Å²) in [4.78, 5) is 28.1. The zero-order valence-corrected chi connectivity index (χ0v) is 23.9. The maximum atomic E-state index is 15.8. The van der Waals surface area contributed by atoms with E-state index in [-0.39, 0.29) is 43.8 Å². The summed E-state index contributed by atoms with van der Waals surface area (Å²) >= 11 is 12.3. The minimum atomic E-state index is -1.45. The van der Waals surface area contributed by atoms with Crippen LogP contribution in [0.25, 0.3) is 0 Å². The number of hydrogen-bond acceptors (Lipinski definition) is 3. The second kappa shape index (κ2) is 9.28. The van der Waals surface area contributed by atoms with Gasteiger partial charge in [-0.15, -0.1) is 0 Å². The van der Waals surface area contributed by atoms with Crippen LogP contribution in [0.3, 0.4) is 0 Å². The average Bonchev–Trinajstić information content (AvgIpc) is 3.27. The van der Waals surface area contributed by atoms with Crippen molar-refractivity contribution in [2.45, 2.75) is 83.7 Å². The molecule has 1 spiro atoms. The van der Waals surface area contributed by atoms with Gasteiger partial charge in [-0.25, -0.2) is 8.78 Å². The number of rotatable bonds is 5. The van der Waals surface area contributed by atoms with Gasteiger partial charge in [-0.1, -0.05) is 76.0 Å². The Bertz CT molecular complexity index is 1310. The third-order valence-corrected chi connectivity index (χ3v) is 9.15. The van der Waals surface area contributed by atoms with Gasteiger partial charge in [-0.05, 0) is 59.3 Å². The molecule has 38 heavy (non-hydrogen) atoms. The number of fused-ring (bicyclic) bond motifs is 2. The van der Waals surface area contributed by atoms with E-state index in [0.29, 0.717) is 18.4 Å². The van der Waals surface area contributed by atoms with Gasteiger partial charge in [-0.2, -0.15) is 0 Å². The molecule has 2 heterocycles. The topological polar surface area (TPSA) is 58.2 Å². The van der Waals surface area contributed by atoms with Crippen molar-refractivity contribution in [1.29, 1.82) is 0 Å². The van der Waals surface area contributed by atoms with Gasteiger partial charge < -0.3 is 10.6 Å². The second-order valence-electron chi connectivity index (χ2n) is 13.3. The van der Waals surface area contributed by atoms with Gasteiger partial charge in [0.25, 0.3) is 0 Å². The number of carbonyl (C=O) groups excluding carboxylic acids is 2. The van der Waals surface area contributed by atoms with Crippen molar-refractivity contribution in [2.75, 3.05) is 5.32 Å². The van der Waals surface area contributed by atoms with Gasteiger partial charge in [0, 0.05) is 18.4 Å². The molecule has 1 amide bonds. The fraction of sp³-hybridized carbons (Fsp3) is 0.533. The molecule has 4 nitrogen and oxygen atoms in total. The third-order valence-electron chi connectivity index (χ3n) is 8.56. The first-order valence-corrected chi connectivity index (χ1v) is 13.9. The number of carbonyl (C=O) groups is 2. The van der Waals surface area contributed by atoms with E-state index in [1.165, 1.54) is 12.1 Å². The van der Waals surface area contributed by atoms with Crippen molar-refractivity contribution in [3.63, 3.8) is 0 Å². The molecule has 4 atom stereocenters. The number of benzene rings is 2. The monoisotopic (exact) mass is 562 g/mol. The first-order chi connectivity index (χ1) is 17.7. The smallest absolute Gasteiger partial charge is 0.237 e. The van der Waals surface area contributed by atoms with Crippen LogP contribution in [0.2, 0.25) is 10.0 Å². The summed E-state index contributed by atoms with van der Waals surface area (Å²) in [6.07, 6.45) is 2.70. The largest absolute Gasteiger partial charge is 0.322 e. The van der Waals surface area contributed by atoms with Crippen LogP contribution in [0.5, 0.6) is 0 Å². The quantitative estimate of drug-likeness (QED) is 0.398. The molecular formula is C30H34Cl2F2N2O2. The van der Waals surface area contributed by atoms with E-state index < -0.39 is 41.0 Å². The van der Waals surface area contributed by atoms with Crippen LogP contribution in [0, 0.1) is 28.4 Å². The number of anilines is 1. The summed E-state index contributed by atoms with van der Waals surface area (Å²) in [5.74, 6) is -2.64. The third kappa shape index (κ3) is 4.37. The van der Waals surface area contributed by atoms with Crippen LogP contribution < -0.4 is 10.6 Å². The number of nitrogens with one attached hydrogen (secondary N) is 2. The van der Waals surface area contributed by atoms with Crippen LogP contribution in [0.15, 0.2) is 30.3 Å². The molecule has 2 fully saturated rings. The lowest BCUT2D eigenvalue weighted by Gasteiger charge is -2.43. The Hall–Kier alpha value is -2.02. The summed E-state index contributed by atoms with van der Waals surface area (Å²) in [5.41, 5.74) is -0.957. The molecule has 2 aromatic rings. The van der Waals surface area contributed by atoms with E-state index in [9.17, 15) is 9.59 Å². The van der Waals surface area contributed by atoms with E-state index in [0.717, 1.165) is 12.8 Å². The Kier molecular flexibility index (Phi) is 6.72. The highest BCUT2D eigenvalue weighted by Crippen LogP contribution is 2.58. The SMILES string of the molecule is CC(C)(C)C[C@@H]1N[C@@H](C(=O)CC2CC(C)(C)C2)[C@H](c2cccc(Cl)c2F)[C@]12C(=O)Nc1c2ccc(Cl)c1F. The molecule has 8 heteroatoms. The fourth-order valence-electron chi connectivity index (χ4n) is 7.29. The second-order valence-corrected chi connectivity index (χ2v) is 14.1. The summed E-state index contributed by atoms with van der Waals surface area (Å²) in [6.45, 7) is 10.5. The van der Waals surface area contributed by atoms with E-state index in [4.69, 9.17) is 23.2 Å². The van der Waals surface area contributed by atoms with Crippen molar-refractivity contribution in [2.24, 2.45) is 16.7 Å². The van der Waals surface area contributed by atoms with Crippen LogP contribution in [0.4, 0.5) is 14.5 Å². The molecule has 0 bridgehead atoms. The molecule has 1 saturated heterocycles. The molecule has 204 valence electrons. The van der Waals surface area contributed by atoms with Gasteiger partial charge in [0.15, 0.2) is 11.6 Å². The minimum Gasteiger partial charge on any atom is -0.322 e. The van der Waals surface area contributed by atoms with Gasteiger partial charge in [0.2, 0.25) is 5.91 Å². The van der Waals surface area contributed by atoms with Crippen molar-refractivity contribution >= 4 is 40.6 Å². The summed E-state index contributed by atoms with van der Waals surface area (Å²) in [5, 5.41) is 5.98. The Morgan fingerprint density at radius 2 is 1.71 bits per heavy atom. The first kappa shape index (κ1) is 27.5. The molecule has 0 aromatic heterocycles. The maximum Gasteiger partial charge on any atom is 0.237 e. The number of ketones is 1. The van der Waals surface area contributed by atoms with Gasteiger partial charge in [0.1, 0.15) is 11.2 Å². The van der Waals surface area contributed by atoms with Crippen LogP contribution in [0.1, 0.15) is 77.3 Å². The summed E-state index contributed by atoms with van der Waals surface area (Å²) < 4.78 is 31.1. The number of Topliss-reactive ketones (excluding diaryl/α,β-unsaturated/α-hetero) is 1. The normalized spacial score (nSPS) is 28.3. The Balaban J connectivity index is 1.71. The lowest BCUT2D eigenvalue weighted by atomic mass is 9.60. The molecule has 2 N–H and O–H groups in total. The zero-order valence-electron chi connectivity index (χ0n) is 22.4. The van der Waals surface area contributed by atoms with Crippen LogP contribution in [-0.4, -0.2) is 23.8 Å². The van der Waals surface area contributed by atoms with Crippen molar-refractivity contribution in [1.82, 2.24) is 5.32 Å². The predicted molar refractivity (Wildman–Crippen MR) is 147 cm³/mol. The number of halogens is 4. The number of hydrogen-bond donors (Lipinski definition) is 2. The highest BCUT2D eigenvalue weighted by Gasteiger charge is 2.66. The van der Waals surface area contributed by atoms with Gasteiger partial charge in [-0.3, -0.25) is 9.59 Å². The Morgan fingerprint density at radius 3 is 2.34 bits per heavy atom. The highest BCUT2D eigenvalue weighted by molar-refractivity contribution is 6.31. The Morgan fingerprint density at radius 1 is 1.05 bits per heavy atom. The lowest BCUT2D eigenvalue weighted by molar-refractivity contribution is -0.124. The van der Waals surface area contributed by atoms with Crippen molar-refractivity contribution in [3.8, 4) is 0 Å². The van der Waals surface area contributed by atoms with E-state index >= 15 is 8.78 Å². The average molecular weight is 564 g/mol. The highest BCUT2D eigenvalue weighted by atomic mass is 35.5. The Labute approximate surface area is 232 Å². The van der Waals surface area contributed by atoms with E-state index in [1.54, 1.807) is 18.2 Å². The van der Waals surface area contributed by atoms with Crippen molar-refractivity contribution < 1.29 is 18.4 Å². The maximum absolute atomic E-state index is 15.8. The molecule has 2 aromatic carbocycles. The van der Waals surface area contributed by atoms with Gasteiger partial charge >= 0.3 is 0 Å². The van der Waals surface area contributed by atoms with Crippen molar-refractivity contribution in [3.05, 3.63) is 63.1 Å².